The Morgan fingerprint density at radius 1 is 1.04 bits per heavy atom. The predicted octanol–water partition coefficient (Wildman–Crippen LogP) is 5.21. The fourth-order valence-corrected chi connectivity index (χ4v) is 3.27. The number of nitrogens with two attached hydrogens (primary N) is 1. The highest BCUT2D eigenvalue weighted by Gasteiger charge is 2.29. The highest BCUT2D eigenvalue weighted by Crippen LogP contribution is 2.36. The number of alkyl halides is 3. The van der Waals surface area contributed by atoms with Crippen LogP contribution in [0.4, 0.5) is 19.0 Å². The molecule has 1 aromatic carbocycles. The Bertz CT molecular complexity index is 774. The van der Waals surface area contributed by atoms with Crippen LogP contribution in [0, 0.1) is 6.92 Å². The lowest BCUT2D eigenvalue weighted by Crippen LogP contribution is -2.07. The second-order valence-electron chi connectivity index (χ2n) is 6.39. The van der Waals surface area contributed by atoms with Crippen molar-refractivity contribution >= 4 is 18.0 Å². The zero-order valence-electron chi connectivity index (χ0n) is 14.0. The molecule has 0 radical (unpaired) electrons. The summed E-state index contributed by atoms with van der Waals surface area (Å²) < 4.78 is 37.9. The molecular formula is C19H20F3N3. The first-order valence-electron chi connectivity index (χ1n) is 8.34. The summed E-state index contributed by atoms with van der Waals surface area (Å²) in [6.45, 7) is 1.82. The number of benzene rings is 1. The minimum atomic E-state index is -4.33. The number of nitrogens with zero attached hydrogens (tertiary/aromatic N) is 2. The molecule has 132 valence electrons. The van der Waals surface area contributed by atoms with Crippen LogP contribution in [0.2, 0.25) is 0 Å². The minimum absolute atomic E-state index is 0.372. The van der Waals surface area contributed by atoms with Gasteiger partial charge in [0.05, 0.1) is 11.3 Å². The number of halogens is 3. The Hall–Kier alpha value is -2.37. The van der Waals surface area contributed by atoms with E-state index in [4.69, 9.17) is 5.73 Å². The van der Waals surface area contributed by atoms with Crippen LogP contribution in [0.3, 0.4) is 0 Å². The van der Waals surface area contributed by atoms with Gasteiger partial charge in [-0.05, 0) is 43.5 Å². The van der Waals surface area contributed by atoms with E-state index in [2.05, 4.69) is 9.97 Å². The van der Waals surface area contributed by atoms with Gasteiger partial charge in [-0.15, -0.1) is 0 Å². The Morgan fingerprint density at radius 3 is 2.28 bits per heavy atom. The van der Waals surface area contributed by atoms with E-state index in [1.165, 1.54) is 25.0 Å². The van der Waals surface area contributed by atoms with Gasteiger partial charge in [-0.2, -0.15) is 13.2 Å². The summed E-state index contributed by atoms with van der Waals surface area (Å²) in [6, 6.07) is 5.04. The molecule has 1 aliphatic carbocycles. The molecule has 0 amide bonds. The molecule has 25 heavy (non-hydrogen) atoms. The molecule has 2 N–H and O–H groups in total. The smallest absolute Gasteiger partial charge is 0.383 e. The van der Waals surface area contributed by atoms with E-state index in [-0.39, 0.29) is 0 Å². The highest BCUT2D eigenvalue weighted by molar-refractivity contribution is 5.75. The van der Waals surface area contributed by atoms with E-state index in [1.807, 2.05) is 13.0 Å². The summed E-state index contributed by atoms with van der Waals surface area (Å²) in [5.74, 6) is 1.43. The average Bonchev–Trinajstić information content (AvgIpc) is 3.07. The number of aromatic nitrogens is 2. The third-order valence-electron chi connectivity index (χ3n) is 4.54. The van der Waals surface area contributed by atoms with Crippen LogP contribution in [0.5, 0.6) is 0 Å². The molecule has 1 heterocycles. The molecule has 3 nitrogen and oxygen atoms in total. The van der Waals surface area contributed by atoms with Crippen molar-refractivity contribution in [2.75, 3.05) is 5.73 Å². The molecule has 0 spiro atoms. The van der Waals surface area contributed by atoms with Crippen LogP contribution < -0.4 is 5.73 Å². The maximum Gasteiger partial charge on any atom is 0.416 e. The maximum absolute atomic E-state index is 12.6. The quantitative estimate of drug-likeness (QED) is 0.829. The van der Waals surface area contributed by atoms with E-state index < -0.39 is 11.7 Å². The van der Waals surface area contributed by atoms with E-state index in [9.17, 15) is 13.2 Å². The van der Waals surface area contributed by atoms with Gasteiger partial charge in [-0.1, -0.05) is 31.1 Å². The van der Waals surface area contributed by atoms with Crippen LogP contribution in [0.15, 0.2) is 24.3 Å². The highest BCUT2D eigenvalue weighted by atomic mass is 19.4. The third-order valence-corrected chi connectivity index (χ3v) is 4.54. The second-order valence-corrected chi connectivity index (χ2v) is 6.39. The minimum Gasteiger partial charge on any atom is -0.383 e. The standard InChI is InChI=1S/C19H20F3N3/c1-12-24-17(14-4-2-3-5-14)16(18(23)25-12)11-8-13-6-9-15(10-7-13)19(20,21)22/h6-11,14H,2-5H2,1H3,(H2,23,24,25). The van der Waals surface area contributed by atoms with Gasteiger partial charge in [0, 0.05) is 11.5 Å². The number of hydrogen-bond acceptors (Lipinski definition) is 3. The monoisotopic (exact) mass is 347 g/mol. The molecule has 0 aliphatic heterocycles. The molecule has 1 aromatic heterocycles. The van der Waals surface area contributed by atoms with Crippen molar-refractivity contribution < 1.29 is 13.2 Å². The van der Waals surface area contributed by atoms with E-state index in [0.29, 0.717) is 23.1 Å². The molecule has 1 saturated carbocycles. The molecular weight excluding hydrogens is 327 g/mol. The lowest BCUT2D eigenvalue weighted by molar-refractivity contribution is -0.137. The third kappa shape index (κ3) is 4.00. The summed E-state index contributed by atoms with van der Waals surface area (Å²) in [6.07, 6.45) is 3.75. The lowest BCUT2D eigenvalue weighted by Gasteiger charge is -2.14. The van der Waals surface area contributed by atoms with E-state index >= 15 is 0 Å². The molecule has 0 atom stereocenters. The number of aryl methyl sites for hydroxylation is 1. The molecule has 6 heteroatoms. The van der Waals surface area contributed by atoms with Crippen molar-refractivity contribution in [2.24, 2.45) is 0 Å². The second kappa shape index (κ2) is 6.86. The summed E-state index contributed by atoms with van der Waals surface area (Å²) >= 11 is 0. The summed E-state index contributed by atoms with van der Waals surface area (Å²) in [4.78, 5) is 8.81. The molecule has 1 fully saturated rings. The molecule has 1 aliphatic rings. The molecule has 0 saturated heterocycles. The van der Waals surface area contributed by atoms with Crippen molar-refractivity contribution in [3.8, 4) is 0 Å². The first-order valence-corrected chi connectivity index (χ1v) is 8.34. The van der Waals surface area contributed by atoms with Crippen molar-refractivity contribution in [2.45, 2.75) is 44.7 Å². The number of nitrogen functional groups attached to an aromatic ring is 1. The molecule has 0 bridgehead atoms. The van der Waals surface area contributed by atoms with Crippen LogP contribution in [-0.2, 0) is 6.18 Å². The maximum atomic E-state index is 12.6. The lowest BCUT2D eigenvalue weighted by atomic mass is 9.98. The number of hydrogen-bond donors (Lipinski definition) is 1. The van der Waals surface area contributed by atoms with Gasteiger partial charge >= 0.3 is 6.18 Å². The van der Waals surface area contributed by atoms with Gasteiger partial charge in [-0.25, -0.2) is 9.97 Å². The van der Waals surface area contributed by atoms with Crippen molar-refractivity contribution in [3.63, 3.8) is 0 Å². The van der Waals surface area contributed by atoms with Crippen molar-refractivity contribution in [1.82, 2.24) is 9.97 Å². The van der Waals surface area contributed by atoms with Gasteiger partial charge < -0.3 is 5.73 Å². The fourth-order valence-electron chi connectivity index (χ4n) is 3.27. The van der Waals surface area contributed by atoms with Crippen LogP contribution in [0.1, 0.15) is 59.8 Å². The zero-order chi connectivity index (χ0) is 18.0. The fraction of sp³-hybridized carbons (Fsp3) is 0.368. The summed E-state index contributed by atoms with van der Waals surface area (Å²) in [5.41, 5.74) is 7.82. The van der Waals surface area contributed by atoms with Gasteiger partial charge in [-0.3, -0.25) is 0 Å². The van der Waals surface area contributed by atoms with Gasteiger partial charge in [0.2, 0.25) is 0 Å². The summed E-state index contributed by atoms with van der Waals surface area (Å²) in [7, 11) is 0. The predicted molar refractivity (Wildman–Crippen MR) is 92.8 cm³/mol. The Balaban J connectivity index is 1.90. The van der Waals surface area contributed by atoms with Gasteiger partial charge in [0.1, 0.15) is 11.6 Å². The number of rotatable bonds is 3. The SMILES string of the molecule is Cc1nc(N)c(C=Cc2ccc(C(F)(F)F)cc2)c(C2CCCC2)n1. The zero-order valence-corrected chi connectivity index (χ0v) is 14.0. The first kappa shape index (κ1) is 17.5. The van der Waals surface area contributed by atoms with E-state index in [1.54, 1.807) is 6.08 Å². The molecule has 0 unspecified atom stereocenters. The first-order chi connectivity index (χ1) is 11.8. The van der Waals surface area contributed by atoms with Crippen LogP contribution >= 0.6 is 0 Å². The van der Waals surface area contributed by atoms with E-state index in [0.717, 1.165) is 36.2 Å². The Kier molecular flexibility index (Phi) is 4.79. The van der Waals surface area contributed by atoms with Crippen LogP contribution in [-0.4, -0.2) is 9.97 Å². The van der Waals surface area contributed by atoms with Crippen molar-refractivity contribution in [1.29, 1.82) is 0 Å². The average molecular weight is 347 g/mol. The Labute approximate surface area is 144 Å². The topological polar surface area (TPSA) is 51.8 Å². The largest absolute Gasteiger partial charge is 0.416 e. The van der Waals surface area contributed by atoms with Gasteiger partial charge in [0.15, 0.2) is 0 Å². The summed E-state index contributed by atoms with van der Waals surface area (Å²) in [5, 5.41) is 0. The normalized spacial score (nSPS) is 16.0. The van der Waals surface area contributed by atoms with Gasteiger partial charge in [0.25, 0.3) is 0 Å². The molecule has 2 aromatic rings. The Morgan fingerprint density at radius 2 is 1.68 bits per heavy atom. The molecule has 3 rings (SSSR count). The van der Waals surface area contributed by atoms with Crippen LogP contribution in [0.25, 0.3) is 12.2 Å². The number of anilines is 1. The van der Waals surface area contributed by atoms with Crippen molar-refractivity contribution in [3.05, 3.63) is 52.5 Å².